The molecule has 0 atom stereocenters. The summed E-state index contributed by atoms with van der Waals surface area (Å²) in [6, 6.07) is 99.4. The van der Waals surface area contributed by atoms with Crippen molar-refractivity contribution in [2.45, 2.75) is 19.6 Å². The van der Waals surface area contributed by atoms with Crippen LogP contribution in [0.5, 0.6) is 0 Å². The van der Waals surface area contributed by atoms with Crippen molar-refractivity contribution >= 4 is 179 Å². The quantitative estimate of drug-likeness (QED) is 0.165. The topological polar surface area (TPSA) is 24.6 Å². The lowest BCUT2D eigenvalue weighted by Crippen LogP contribution is -2.58. The Hall–Kier alpha value is -10.3. The molecule has 0 unspecified atom stereocenters. The summed E-state index contributed by atoms with van der Waals surface area (Å²) in [5.41, 5.74) is 26.6. The molecule has 398 valence electrons. The zero-order valence-corrected chi connectivity index (χ0v) is 48.2. The molecule has 0 fully saturated rings. The number of hydrogen-bond acceptors (Lipinski definition) is 2. The van der Waals surface area contributed by atoms with Gasteiger partial charge in [0.05, 0.1) is 44.1 Å². The molecular formula is C78H43B2N5S2. The maximum Gasteiger partial charge on any atom is 0.249 e. The van der Waals surface area contributed by atoms with Gasteiger partial charge in [0.2, 0.25) is 13.4 Å². The monoisotopic (exact) mass is 1140 g/mol. The average molecular weight is 1140 g/mol. The van der Waals surface area contributed by atoms with Gasteiger partial charge in [0.15, 0.2) is 0 Å². The van der Waals surface area contributed by atoms with Crippen LogP contribution in [0.25, 0.3) is 137 Å². The molecular weight excluding hydrogens is 1090 g/mol. The zero-order valence-electron chi connectivity index (χ0n) is 46.5. The fraction of sp³-hybridized carbons (Fsp3) is 0. The summed E-state index contributed by atoms with van der Waals surface area (Å²) in [5, 5.41) is 12.8. The summed E-state index contributed by atoms with van der Waals surface area (Å²) in [6.07, 6.45) is 0. The van der Waals surface area contributed by atoms with Crippen molar-refractivity contribution in [3.8, 4) is 28.4 Å². The SMILES string of the molecule is c1ccc(-n2c3cc4c(cc3c3cc5c(cc32)Sc2cc(-n3c6ccccc6c6ccccc63)cc3c2B5c2cccc5c6ccccc6n-3c25)B2c3c(cc(-n5c6ccccc6c6ccccc65)cc3-n3c5ccccc5c5cccc2c53)S4)cc1. The second-order valence-corrected chi connectivity index (χ2v) is 26.4. The van der Waals surface area contributed by atoms with Gasteiger partial charge in [0, 0.05) is 113 Å². The van der Waals surface area contributed by atoms with Crippen molar-refractivity contribution in [3.05, 3.63) is 261 Å². The van der Waals surface area contributed by atoms with E-state index in [0.29, 0.717) is 0 Å². The van der Waals surface area contributed by atoms with Gasteiger partial charge in [-0.2, -0.15) is 0 Å². The smallest absolute Gasteiger partial charge is 0.249 e. The molecule has 22 rings (SSSR count). The van der Waals surface area contributed by atoms with Gasteiger partial charge >= 0.3 is 0 Å². The number of nitrogens with zero attached hydrogens (tertiary/aromatic N) is 5. The van der Waals surface area contributed by atoms with E-state index in [1.807, 2.05) is 23.5 Å². The molecule has 87 heavy (non-hydrogen) atoms. The first kappa shape index (κ1) is 46.0. The third-order valence-corrected chi connectivity index (χ3v) is 22.4. The molecule has 5 aromatic heterocycles. The third kappa shape index (κ3) is 5.74. The van der Waals surface area contributed by atoms with Gasteiger partial charge in [0.25, 0.3) is 0 Å². The lowest BCUT2D eigenvalue weighted by molar-refractivity contribution is 1.12. The Labute approximate surface area is 507 Å². The standard InChI is InChI=1S/C78H43B2N5S2/c1-2-18-44(19-3-1)81-67-42-71-59(79-57-28-16-26-53-51-24-8-14-34-65(51)84(77(53)57)69-36-45(38-73(86-71)75(69)79)82-61-30-10-4-20-47(61)48-21-5-11-31-62(48)82)40-55(67)56-41-60-72(43-68(56)81)87-74-39-46(83-63-32-12-6-22-49(63)50-23-7-13-33-64(50)83)37-70-76(74)80(60)58-29-17-27-54-52-25-9-15-35-66(52)85(70)78(54)58/h1-43H. The Kier molecular flexibility index (Phi) is 8.65. The molecule has 0 bridgehead atoms. The Morgan fingerprint density at radius 3 is 0.954 bits per heavy atom. The average Bonchev–Trinajstić information content (AvgIpc) is 1.67. The maximum absolute atomic E-state index is 2.62. The fourth-order valence-electron chi connectivity index (χ4n) is 16.8. The highest BCUT2D eigenvalue weighted by molar-refractivity contribution is 8.00. The van der Waals surface area contributed by atoms with Crippen molar-refractivity contribution < 1.29 is 0 Å². The Bertz CT molecular complexity index is 5770. The predicted molar refractivity (Wildman–Crippen MR) is 369 cm³/mol. The first-order valence-electron chi connectivity index (χ1n) is 30.1. The number of hydrogen-bond donors (Lipinski definition) is 0. The first-order valence-corrected chi connectivity index (χ1v) is 31.8. The van der Waals surface area contributed by atoms with Crippen LogP contribution in [0.2, 0.25) is 0 Å². The van der Waals surface area contributed by atoms with Gasteiger partial charge in [-0.3, -0.25) is 0 Å². The molecule has 4 aliphatic heterocycles. The van der Waals surface area contributed by atoms with Crippen molar-refractivity contribution in [1.82, 2.24) is 22.8 Å². The van der Waals surface area contributed by atoms with Crippen LogP contribution in [0, 0.1) is 0 Å². The highest BCUT2D eigenvalue weighted by Gasteiger charge is 2.43. The normalized spacial score (nSPS) is 13.6. The van der Waals surface area contributed by atoms with Crippen LogP contribution in [-0.4, -0.2) is 36.3 Å². The van der Waals surface area contributed by atoms with E-state index in [9.17, 15) is 0 Å². The highest BCUT2D eigenvalue weighted by Crippen LogP contribution is 2.47. The lowest BCUT2D eigenvalue weighted by Gasteiger charge is -2.34. The van der Waals surface area contributed by atoms with Crippen LogP contribution in [0.15, 0.2) is 280 Å². The van der Waals surface area contributed by atoms with Crippen molar-refractivity contribution in [1.29, 1.82) is 0 Å². The van der Waals surface area contributed by atoms with Gasteiger partial charge in [-0.25, -0.2) is 0 Å². The second-order valence-electron chi connectivity index (χ2n) is 24.2. The Balaban J connectivity index is 0.825. The van der Waals surface area contributed by atoms with E-state index >= 15 is 0 Å². The van der Waals surface area contributed by atoms with Crippen molar-refractivity contribution in [2.24, 2.45) is 0 Å². The minimum Gasteiger partial charge on any atom is -0.310 e. The first-order chi connectivity index (χ1) is 43.2. The number of rotatable bonds is 3. The van der Waals surface area contributed by atoms with E-state index in [0.717, 1.165) is 5.69 Å². The predicted octanol–water partition coefficient (Wildman–Crippen LogP) is 15.8. The minimum absolute atomic E-state index is 0.00251. The molecule has 0 radical (unpaired) electrons. The van der Waals surface area contributed by atoms with Gasteiger partial charge in [-0.1, -0.05) is 210 Å². The van der Waals surface area contributed by atoms with Crippen LogP contribution in [0.4, 0.5) is 0 Å². The van der Waals surface area contributed by atoms with E-state index < -0.39 is 0 Å². The van der Waals surface area contributed by atoms with E-state index in [1.54, 1.807) is 0 Å². The Morgan fingerprint density at radius 1 is 0.218 bits per heavy atom. The van der Waals surface area contributed by atoms with Gasteiger partial charge in [-0.15, -0.1) is 0 Å². The summed E-state index contributed by atoms with van der Waals surface area (Å²) in [5.74, 6) is 0. The number of benzene rings is 13. The van der Waals surface area contributed by atoms with Crippen LogP contribution < -0.4 is 32.8 Å². The molecule has 9 heterocycles. The molecule has 4 aliphatic rings. The van der Waals surface area contributed by atoms with Crippen LogP contribution in [-0.2, 0) is 0 Å². The summed E-state index contributed by atoms with van der Waals surface area (Å²) in [6.45, 7) is 0.00501. The third-order valence-electron chi connectivity index (χ3n) is 20.1. The zero-order chi connectivity index (χ0) is 56.1. The number of para-hydroxylation sites is 9. The van der Waals surface area contributed by atoms with Crippen molar-refractivity contribution in [2.75, 3.05) is 0 Å². The maximum atomic E-state index is 2.62. The van der Waals surface area contributed by atoms with Gasteiger partial charge in [0.1, 0.15) is 0 Å². The van der Waals surface area contributed by atoms with Gasteiger partial charge in [-0.05, 0) is 107 Å². The van der Waals surface area contributed by atoms with E-state index in [2.05, 4.69) is 284 Å². The van der Waals surface area contributed by atoms with Crippen LogP contribution >= 0.6 is 23.5 Å². The lowest BCUT2D eigenvalue weighted by atomic mass is 9.35. The fourth-order valence-corrected chi connectivity index (χ4v) is 19.2. The number of aromatic nitrogens is 5. The van der Waals surface area contributed by atoms with Crippen molar-refractivity contribution in [3.63, 3.8) is 0 Å². The molecule has 5 nitrogen and oxygen atoms in total. The number of fused-ring (bicyclic) bond motifs is 23. The second kappa shape index (κ2) is 16.4. The van der Waals surface area contributed by atoms with Gasteiger partial charge < -0.3 is 22.8 Å². The molecule has 0 aliphatic carbocycles. The summed E-state index contributed by atoms with van der Waals surface area (Å²) >= 11 is 3.90. The van der Waals surface area contributed by atoms with E-state index in [1.165, 1.54) is 184 Å². The molecule has 0 saturated carbocycles. The summed E-state index contributed by atoms with van der Waals surface area (Å²) < 4.78 is 12.8. The largest absolute Gasteiger partial charge is 0.310 e. The Morgan fingerprint density at radius 2 is 0.552 bits per heavy atom. The minimum atomic E-state index is 0.00251. The summed E-state index contributed by atoms with van der Waals surface area (Å²) in [4.78, 5) is 5.20. The molecule has 0 saturated heterocycles. The van der Waals surface area contributed by atoms with E-state index in [-0.39, 0.29) is 13.4 Å². The molecule has 13 aromatic carbocycles. The van der Waals surface area contributed by atoms with Crippen LogP contribution in [0.3, 0.4) is 0 Å². The molecule has 0 spiro atoms. The molecule has 9 heteroatoms. The van der Waals surface area contributed by atoms with Crippen LogP contribution in [0.1, 0.15) is 0 Å². The summed E-state index contributed by atoms with van der Waals surface area (Å²) in [7, 11) is 0. The molecule has 18 aromatic rings. The molecule has 0 N–H and O–H groups in total. The molecule has 0 amide bonds. The highest BCUT2D eigenvalue weighted by atomic mass is 32.2. The van der Waals surface area contributed by atoms with E-state index in [4.69, 9.17) is 0 Å².